The van der Waals surface area contributed by atoms with Gasteiger partial charge in [-0.05, 0) is 31.9 Å². The van der Waals surface area contributed by atoms with Gasteiger partial charge in [-0.2, -0.15) is 0 Å². The van der Waals surface area contributed by atoms with Crippen LogP contribution in [0, 0.1) is 11.6 Å². The smallest absolute Gasteiger partial charge is 0.221 e. The van der Waals surface area contributed by atoms with Gasteiger partial charge >= 0.3 is 0 Å². The molecule has 1 aliphatic heterocycles. The molecule has 0 aromatic heterocycles. The van der Waals surface area contributed by atoms with Crippen LogP contribution in [-0.2, 0) is 4.79 Å². The normalized spacial score (nSPS) is 17.1. The van der Waals surface area contributed by atoms with Crippen LogP contribution in [0.2, 0.25) is 0 Å². The fraction of sp³-hybridized carbons (Fsp3) is 0.579. The Labute approximate surface area is 159 Å². The summed E-state index contributed by atoms with van der Waals surface area (Å²) in [6.07, 6.45) is 1.98. The molecule has 2 rings (SSSR count). The molecule has 0 bridgehead atoms. The molecule has 1 saturated heterocycles. The molecule has 1 aromatic carbocycles. The van der Waals surface area contributed by atoms with Crippen LogP contribution in [0.25, 0.3) is 0 Å². The number of aliphatic imine (C=N–C) groups is 1. The fourth-order valence-electron chi connectivity index (χ4n) is 3.01. The van der Waals surface area contributed by atoms with Crippen molar-refractivity contribution in [3.8, 4) is 0 Å². The lowest BCUT2D eigenvalue weighted by Crippen LogP contribution is -2.44. The summed E-state index contributed by atoms with van der Waals surface area (Å²) in [6, 6.07) is 3.94. The molecule has 1 aromatic rings. The Morgan fingerprint density at radius 1 is 1.26 bits per heavy atom. The molecule has 1 aliphatic rings. The molecule has 1 amide bonds. The minimum absolute atomic E-state index is 0.0153. The summed E-state index contributed by atoms with van der Waals surface area (Å²) < 4.78 is 27.9. The maximum absolute atomic E-state index is 14.0. The Balaban J connectivity index is 1.89. The lowest BCUT2D eigenvalue weighted by atomic mass is 10.2. The van der Waals surface area contributed by atoms with E-state index in [9.17, 15) is 13.6 Å². The van der Waals surface area contributed by atoms with Crippen LogP contribution in [0.4, 0.5) is 14.5 Å². The Bertz CT molecular complexity index is 633. The van der Waals surface area contributed by atoms with Crippen molar-refractivity contribution in [3.63, 3.8) is 0 Å². The zero-order chi connectivity index (χ0) is 19.6. The summed E-state index contributed by atoms with van der Waals surface area (Å²) in [5, 5.41) is 9.26. The molecule has 0 spiro atoms. The minimum Gasteiger partial charge on any atom is -0.365 e. The van der Waals surface area contributed by atoms with Gasteiger partial charge in [0.15, 0.2) is 5.96 Å². The number of carbonyl (C=O) groups is 1. The number of rotatable bonds is 8. The van der Waals surface area contributed by atoms with Gasteiger partial charge in [0.05, 0.1) is 6.54 Å². The predicted octanol–water partition coefficient (Wildman–Crippen LogP) is 2.01. The van der Waals surface area contributed by atoms with Crippen LogP contribution in [0.3, 0.4) is 0 Å². The van der Waals surface area contributed by atoms with Gasteiger partial charge in [0, 0.05) is 38.6 Å². The third-order valence-electron chi connectivity index (χ3n) is 4.31. The van der Waals surface area contributed by atoms with Gasteiger partial charge in [-0.1, -0.05) is 13.0 Å². The van der Waals surface area contributed by atoms with Crippen LogP contribution in [0.15, 0.2) is 23.2 Å². The summed E-state index contributed by atoms with van der Waals surface area (Å²) in [6.45, 7) is 6.75. The second kappa shape index (κ2) is 10.7. The molecule has 0 radical (unpaired) electrons. The first-order valence-electron chi connectivity index (χ1n) is 9.55. The van der Waals surface area contributed by atoms with Gasteiger partial charge < -0.3 is 20.9 Å². The first-order chi connectivity index (χ1) is 13.0. The number of guanidine groups is 1. The third-order valence-corrected chi connectivity index (χ3v) is 4.31. The van der Waals surface area contributed by atoms with Crippen LogP contribution in [-0.4, -0.2) is 50.6 Å². The number of nitrogens with one attached hydrogen (secondary N) is 3. The van der Waals surface area contributed by atoms with E-state index in [1.165, 1.54) is 18.2 Å². The third kappa shape index (κ3) is 6.37. The summed E-state index contributed by atoms with van der Waals surface area (Å²) in [5.74, 6) is -0.496. The summed E-state index contributed by atoms with van der Waals surface area (Å²) in [5.41, 5.74) is 0.0244. The second-order valence-corrected chi connectivity index (χ2v) is 6.51. The molecular formula is C19H29F2N5O. The average molecular weight is 381 g/mol. The Hall–Kier alpha value is -2.38. The van der Waals surface area contributed by atoms with Crippen LogP contribution in [0.1, 0.15) is 33.1 Å². The van der Waals surface area contributed by atoms with Crippen molar-refractivity contribution in [2.45, 2.75) is 39.2 Å². The molecule has 27 heavy (non-hydrogen) atoms. The number of carbonyl (C=O) groups excluding carboxylic acids is 1. The highest BCUT2D eigenvalue weighted by molar-refractivity contribution is 5.81. The van der Waals surface area contributed by atoms with Crippen molar-refractivity contribution in [2.75, 3.05) is 37.6 Å². The van der Waals surface area contributed by atoms with Gasteiger partial charge in [0.1, 0.15) is 17.3 Å². The number of benzene rings is 1. The molecule has 8 heteroatoms. The SMILES string of the molecule is CCCNC(=O)CCN=C(NCC)NC1CCN(c2c(F)cccc2F)C1. The number of amides is 1. The van der Waals surface area contributed by atoms with E-state index in [0.29, 0.717) is 45.1 Å². The highest BCUT2D eigenvalue weighted by Crippen LogP contribution is 2.26. The Morgan fingerprint density at radius 2 is 2.00 bits per heavy atom. The first-order valence-corrected chi connectivity index (χ1v) is 9.55. The highest BCUT2D eigenvalue weighted by Gasteiger charge is 2.27. The number of para-hydroxylation sites is 1. The lowest BCUT2D eigenvalue weighted by molar-refractivity contribution is -0.120. The van der Waals surface area contributed by atoms with Crippen molar-refractivity contribution in [1.29, 1.82) is 0 Å². The molecule has 3 N–H and O–H groups in total. The predicted molar refractivity (Wildman–Crippen MR) is 104 cm³/mol. The van der Waals surface area contributed by atoms with E-state index >= 15 is 0 Å². The van der Waals surface area contributed by atoms with Crippen LogP contribution < -0.4 is 20.9 Å². The molecule has 1 heterocycles. The van der Waals surface area contributed by atoms with E-state index < -0.39 is 11.6 Å². The molecule has 0 saturated carbocycles. The van der Waals surface area contributed by atoms with Crippen molar-refractivity contribution in [1.82, 2.24) is 16.0 Å². The number of hydrogen-bond acceptors (Lipinski definition) is 3. The number of halogens is 2. The molecule has 0 aliphatic carbocycles. The van der Waals surface area contributed by atoms with Crippen LogP contribution >= 0.6 is 0 Å². The van der Waals surface area contributed by atoms with Crippen molar-refractivity contribution in [3.05, 3.63) is 29.8 Å². The molecule has 1 atom stereocenters. The number of hydrogen-bond donors (Lipinski definition) is 3. The molecule has 1 unspecified atom stereocenters. The summed E-state index contributed by atoms with van der Waals surface area (Å²) in [4.78, 5) is 17.8. The first kappa shape index (κ1) is 20.9. The molecule has 6 nitrogen and oxygen atoms in total. The zero-order valence-corrected chi connectivity index (χ0v) is 16.0. The van der Waals surface area contributed by atoms with E-state index in [-0.39, 0.29) is 17.6 Å². The van der Waals surface area contributed by atoms with Gasteiger partial charge in [-0.25, -0.2) is 8.78 Å². The highest BCUT2D eigenvalue weighted by atomic mass is 19.1. The van der Waals surface area contributed by atoms with Crippen molar-refractivity contribution >= 4 is 17.6 Å². The van der Waals surface area contributed by atoms with E-state index in [0.717, 1.165) is 12.8 Å². The van der Waals surface area contributed by atoms with Gasteiger partial charge in [0.2, 0.25) is 5.91 Å². The van der Waals surface area contributed by atoms with E-state index in [1.807, 2.05) is 13.8 Å². The lowest BCUT2D eigenvalue weighted by Gasteiger charge is -2.21. The maximum atomic E-state index is 14.0. The van der Waals surface area contributed by atoms with Crippen molar-refractivity contribution < 1.29 is 13.6 Å². The van der Waals surface area contributed by atoms with E-state index in [4.69, 9.17) is 0 Å². The monoisotopic (exact) mass is 381 g/mol. The molecular weight excluding hydrogens is 352 g/mol. The second-order valence-electron chi connectivity index (χ2n) is 6.51. The quantitative estimate of drug-likeness (QED) is 0.476. The largest absolute Gasteiger partial charge is 0.365 e. The van der Waals surface area contributed by atoms with E-state index in [1.54, 1.807) is 4.90 Å². The number of nitrogens with zero attached hydrogens (tertiary/aromatic N) is 2. The standard InChI is InChI=1S/C19H29F2N5O/c1-3-10-23-17(27)8-11-24-19(22-4-2)25-14-9-12-26(13-14)18-15(20)6-5-7-16(18)21/h5-7,14H,3-4,8-13H2,1-2H3,(H,23,27)(H2,22,24,25). The van der Waals surface area contributed by atoms with Gasteiger partial charge in [0.25, 0.3) is 0 Å². The van der Waals surface area contributed by atoms with Crippen molar-refractivity contribution in [2.24, 2.45) is 4.99 Å². The molecule has 150 valence electrons. The maximum Gasteiger partial charge on any atom is 0.221 e. The average Bonchev–Trinajstić information content (AvgIpc) is 3.08. The topological polar surface area (TPSA) is 68.8 Å². The Kier molecular flexibility index (Phi) is 8.29. The fourth-order valence-corrected chi connectivity index (χ4v) is 3.01. The number of anilines is 1. The minimum atomic E-state index is -0.547. The van der Waals surface area contributed by atoms with Crippen LogP contribution in [0.5, 0.6) is 0 Å². The Morgan fingerprint density at radius 3 is 2.67 bits per heavy atom. The van der Waals surface area contributed by atoms with E-state index in [2.05, 4.69) is 20.9 Å². The van der Waals surface area contributed by atoms with Gasteiger partial charge in [-0.15, -0.1) is 0 Å². The summed E-state index contributed by atoms with van der Waals surface area (Å²) >= 11 is 0. The zero-order valence-electron chi connectivity index (χ0n) is 16.0. The van der Waals surface area contributed by atoms with Gasteiger partial charge in [-0.3, -0.25) is 9.79 Å². The molecule has 1 fully saturated rings. The summed E-state index contributed by atoms with van der Waals surface area (Å²) in [7, 11) is 0.